The molecule has 1 aromatic carbocycles. The van der Waals surface area contributed by atoms with Crippen LogP contribution in [0.1, 0.15) is 37.3 Å². The zero-order valence-corrected chi connectivity index (χ0v) is 11.1. The van der Waals surface area contributed by atoms with E-state index in [1.807, 2.05) is 0 Å². The molecule has 1 aliphatic rings. The third-order valence-electron chi connectivity index (χ3n) is 3.64. The largest absolute Gasteiger partial charge is 0.391 e. The maximum Gasteiger partial charge on any atom is 0.194 e. The first-order valence-corrected chi connectivity index (χ1v) is 6.09. The van der Waals surface area contributed by atoms with Crippen molar-refractivity contribution in [1.29, 1.82) is 0 Å². The van der Waals surface area contributed by atoms with Crippen molar-refractivity contribution < 1.29 is 18.3 Å². The summed E-state index contributed by atoms with van der Waals surface area (Å²) in [7, 11) is 0. The summed E-state index contributed by atoms with van der Waals surface area (Å²) in [6.45, 7) is 0. The van der Waals surface area contributed by atoms with Crippen LogP contribution in [-0.4, -0.2) is 11.2 Å². The predicted octanol–water partition coefficient (Wildman–Crippen LogP) is 3.08. The lowest BCUT2D eigenvalue weighted by Crippen LogP contribution is -2.32. The maximum atomic E-state index is 13.1. The number of hydrogen-bond acceptors (Lipinski definition) is 2. The van der Waals surface area contributed by atoms with Crippen molar-refractivity contribution in [3.8, 4) is 0 Å². The fourth-order valence-electron chi connectivity index (χ4n) is 2.56. The molecule has 0 aromatic heterocycles. The van der Waals surface area contributed by atoms with Gasteiger partial charge < -0.3 is 10.8 Å². The van der Waals surface area contributed by atoms with E-state index >= 15 is 0 Å². The van der Waals surface area contributed by atoms with Gasteiger partial charge in [-0.15, -0.1) is 12.4 Å². The van der Waals surface area contributed by atoms with Crippen LogP contribution >= 0.6 is 12.4 Å². The van der Waals surface area contributed by atoms with Crippen molar-refractivity contribution in [1.82, 2.24) is 0 Å². The Morgan fingerprint density at radius 1 is 1.11 bits per heavy atom. The first kappa shape index (κ1) is 16.3. The van der Waals surface area contributed by atoms with Gasteiger partial charge in [0.15, 0.2) is 17.5 Å². The summed E-state index contributed by atoms with van der Waals surface area (Å²) in [5.41, 5.74) is 5.89. The zero-order valence-electron chi connectivity index (χ0n) is 10.3. The highest BCUT2D eigenvalue weighted by molar-refractivity contribution is 5.85. The van der Waals surface area contributed by atoms with Crippen LogP contribution in [0.2, 0.25) is 0 Å². The Kier molecular flexibility index (Phi) is 5.64. The van der Waals surface area contributed by atoms with E-state index in [-0.39, 0.29) is 23.9 Å². The molecule has 1 aromatic rings. The normalized spacial score (nSPS) is 19.0. The summed E-state index contributed by atoms with van der Waals surface area (Å²) >= 11 is 0. The topological polar surface area (TPSA) is 46.2 Å². The Balaban J connectivity index is 0.00000180. The minimum absolute atomic E-state index is 0. The lowest BCUT2D eigenvalue weighted by Gasteiger charge is -2.24. The first-order valence-electron chi connectivity index (χ1n) is 6.09. The molecule has 0 unspecified atom stereocenters. The number of hydrogen-bond donors (Lipinski definition) is 2. The van der Waals surface area contributed by atoms with E-state index < -0.39 is 29.6 Å². The number of aliphatic hydroxyl groups excluding tert-OH is 1. The van der Waals surface area contributed by atoms with Crippen LogP contribution in [0, 0.1) is 23.4 Å². The Hall–Kier alpha value is -0.780. The highest BCUT2D eigenvalue weighted by Gasteiger charge is 2.29. The molecule has 3 N–H and O–H groups in total. The van der Waals surface area contributed by atoms with E-state index in [9.17, 15) is 18.3 Å². The van der Waals surface area contributed by atoms with Crippen LogP contribution in [-0.2, 0) is 0 Å². The maximum absolute atomic E-state index is 13.1. The van der Waals surface area contributed by atoms with Gasteiger partial charge in [0.1, 0.15) is 0 Å². The number of nitrogens with two attached hydrogens (primary N) is 1. The lowest BCUT2D eigenvalue weighted by molar-refractivity contribution is 0.0842. The zero-order chi connectivity index (χ0) is 13.3. The van der Waals surface area contributed by atoms with Crippen LogP contribution in [0.4, 0.5) is 13.2 Å². The Labute approximate surface area is 116 Å². The van der Waals surface area contributed by atoms with Crippen molar-refractivity contribution in [2.45, 2.75) is 37.8 Å². The molecule has 2 nitrogen and oxygen atoms in total. The second-order valence-electron chi connectivity index (χ2n) is 4.86. The Bertz CT molecular complexity index is 415. The summed E-state index contributed by atoms with van der Waals surface area (Å²) in [6.07, 6.45) is 2.93. The molecule has 0 bridgehead atoms. The number of benzene rings is 1. The van der Waals surface area contributed by atoms with Crippen molar-refractivity contribution in [3.63, 3.8) is 0 Å². The predicted molar refractivity (Wildman–Crippen MR) is 68.5 cm³/mol. The van der Waals surface area contributed by atoms with Crippen molar-refractivity contribution >= 4 is 12.4 Å². The molecule has 0 aliphatic heterocycles. The molecule has 1 saturated carbocycles. The van der Waals surface area contributed by atoms with Gasteiger partial charge in [-0.05, 0) is 36.5 Å². The monoisotopic (exact) mass is 295 g/mol. The minimum Gasteiger partial charge on any atom is -0.391 e. The third-order valence-corrected chi connectivity index (χ3v) is 3.64. The quantitative estimate of drug-likeness (QED) is 0.842. The van der Waals surface area contributed by atoms with Gasteiger partial charge in [0, 0.05) is 0 Å². The van der Waals surface area contributed by atoms with Crippen molar-refractivity contribution in [2.75, 3.05) is 0 Å². The summed E-state index contributed by atoms with van der Waals surface area (Å²) in [5, 5.41) is 10.1. The van der Waals surface area contributed by atoms with E-state index in [1.165, 1.54) is 0 Å². The second kappa shape index (κ2) is 6.59. The van der Waals surface area contributed by atoms with Gasteiger partial charge in [-0.3, -0.25) is 0 Å². The van der Waals surface area contributed by atoms with E-state index in [4.69, 9.17) is 5.73 Å². The number of halogens is 4. The van der Waals surface area contributed by atoms with Gasteiger partial charge >= 0.3 is 0 Å². The molecule has 0 amide bonds. The molecular formula is C13H17ClF3NO. The average Bonchev–Trinajstić information content (AvgIpc) is 2.87. The molecule has 0 spiro atoms. The molecule has 6 heteroatoms. The molecule has 1 aliphatic carbocycles. The van der Waals surface area contributed by atoms with E-state index in [1.54, 1.807) is 0 Å². The van der Waals surface area contributed by atoms with Crippen LogP contribution in [0.5, 0.6) is 0 Å². The number of aliphatic hydroxyl groups is 1. The molecule has 2 rings (SSSR count). The molecule has 1 fully saturated rings. The van der Waals surface area contributed by atoms with Gasteiger partial charge in [0.05, 0.1) is 12.1 Å². The van der Waals surface area contributed by atoms with E-state index in [2.05, 4.69) is 0 Å². The highest BCUT2D eigenvalue weighted by atomic mass is 35.5. The number of rotatable bonds is 3. The fraction of sp³-hybridized carbons (Fsp3) is 0.538. The van der Waals surface area contributed by atoms with Crippen LogP contribution < -0.4 is 5.73 Å². The molecule has 2 atom stereocenters. The molecule has 0 radical (unpaired) electrons. The van der Waals surface area contributed by atoms with Gasteiger partial charge in [-0.1, -0.05) is 12.8 Å². The van der Waals surface area contributed by atoms with E-state index in [0.717, 1.165) is 37.8 Å². The molecule has 0 saturated heterocycles. The Morgan fingerprint density at radius 2 is 1.58 bits per heavy atom. The summed E-state index contributed by atoms with van der Waals surface area (Å²) in [4.78, 5) is 0. The summed E-state index contributed by atoms with van der Waals surface area (Å²) in [6, 6.07) is 0.806. The van der Waals surface area contributed by atoms with Crippen molar-refractivity contribution in [2.24, 2.45) is 11.7 Å². The third kappa shape index (κ3) is 3.41. The van der Waals surface area contributed by atoms with Gasteiger partial charge in [0.2, 0.25) is 0 Å². The van der Waals surface area contributed by atoms with Crippen molar-refractivity contribution in [3.05, 3.63) is 35.1 Å². The SMILES string of the molecule is Cl.N[C@@H](c1cc(F)c(F)c(F)c1)[C@H](O)C1CCCC1. The van der Waals surface area contributed by atoms with Gasteiger partial charge in [0.25, 0.3) is 0 Å². The highest BCUT2D eigenvalue weighted by Crippen LogP contribution is 2.33. The standard InChI is InChI=1S/C13H16F3NO.ClH/c14-9-5-8(6-10(15)11(9)16)12(17)13(18)7-3-1-2-4-7;/h5-7,12-13,18H,1-4,17H2;1H/t12-,13+;/m0./s1. The van der Waals surface area contributed by atoms with Crippen LogP contribution in [0.25, 0.3) is 0 Å². The Morgan fingerprint density at radius 3 is 2.05 bits per heavy atom. The molecule has 19 heavy (non-hydrogen) atoms. The summed E-state index contributed by atoms with van der Waals surface area (Å²) in [5.74, 6) is -4.02. The first-order chi connectivity index (χ1) is 8.50. The lowest BCUT2D eigenvalue weighted by atomic mass is 9.91. The minimum atomic E-state index is -1.51. The molecule has 0 heterocycles. The smallest absolute Gasteiger partial charge is 0.194 e. The second-order valence-corrected chi connectivity index (χ2v) is 4.86. The van der Waals surface area contributed by atoms with Gasteiger partial charge in [-0.25, -0.2) is 13.2 Å². The summed E-state index contributed by atoms with van der Waals surface area (Å²) < 4.78 is 39.0. The van der Waals surface area contributed by atoms with E-state index in [0.29, 0.717) is 0 Å². The van der Waals surface area contributed by atoms with Gasteiger partial charge in [-0.2, -0.15) is 0 Å². The molecule has 108 valence electrons. The average molecular weight is 296 g/mol. The fourth-order valence-corrected chi connectivity index (χ4v) is 2.56. The van der Waals surface area contributed by atoms with Crippen LogP contribution in [0.3, 0.4) is 0 Å². The molecular weight excluding hydrogens is 279 g/mol. The van der Waals surface area contributed by atoms with Crippen LogP contribution in [0.15, 0.2) is 12.1 Å².